The molecule has 0 spiro atoms. The van der Waals surface area contributed by atoms with Gasteiger partial charge in [-0.1, -0.05) is 43.3 Å². The molecule has 20 heavy (non-hydrogen) atoms. The quantitative estimate of drug-likeness (QED) is 0.853. The first-order chi connectivity index (χ1) is 9.76. The lowest BCUT2D eigenvalue weighted by Crippen LogP contribution is -2.17. The highest BCUT2D eigenvalue weighted by Gasteiger charge is 2.28. The van der Waals surface area contributed by atoms with Gasteiger partial charge in [0.2, 0.25) is 5.78 Å². The van der Waals surface area contributed by atoms with Crippen LogP contribution in [0.5, 0.6) is 0 Å². The average Bonchev–Trinajstić information content (AvgIpc) is 2.75. The van der Waals surface area contributed by atoms with Crippen molar-refractivity contribution >= 4 is 22.3 Å². The van der Waals surface area contributed by atoms with Crippen molar-refractivity contribution in [2.45, 2.75) is 19.4 Å². The molecule has 3 nitrogen and oxygen atoms in total. The van der Waals surface area contributed by atoms with E-state index in [0.29, 0.717) is 12.3 Å². The van der Waals surface area contributed by atoms with Gasteiger partial charge in [-0.2, -0.15) is 0 Å². The Kier molecular flexibility index (Phi) is 3.36. The number of benzene rings is 2. The third kappa shape index (κ3) is 1.95. The van der Waals surface area contributed by atoms with E-state index in [-0.39, 0.29) is 11.8 Å². The smallest absolute Gasteiger partial charge is 0.212 e. The van der Waals surface area contributed by atoms with E-state index in [4.69, 9.17) is 4.74 Å². The Morgan fingerprint density at radius 3 is 2.50 bits per heavy atom. The third-order valence-corrected chi connectivity index (χ3v) is 3.76. The normalized spacial score (nSPS) is 17.1. The van der Waals surface area contributed by atoms with Gasteiger partial charge in [-0.15, -0.1) is 0 Å². The molecule has 2 aromatic rings. The summed E-state index contributed by atoms with van der Waals surface area (Å²) in [6.07, 6.45) is 0.858. The highest BCUT2D eigenvalue weighted by Crippen LogP contribution is 2.31. The van der Waals surface area contributed by atoms with Crippen molar-refractivity contribution in [2.24, 2.45) is 4.99 Å². The number of methoxy groups -OCH3 is 1. The van der Waals surface area contributed by atoms with Gasteiger partial charge in [0, 0.05) is 23.6 Å². The lowest BCUT2D eigenvalue weighted by Gasteiger charge is -2.09. The molecule has 1 aliphatic carbocycles. The molecule has 1 unspecified atom stereocenters. The van der Waals surface area contributed by atoms with E-state index in [0.717, 1.165) is 28.3 Å². The van der Waals surface area contributed by atoms with Gasteiger partial charge in [-0.25, -0.2) is 0 Å². The van der Waals surface area contributed by atoms with E-state index in [1.807, 2.05) is 36.4 Å². The maximum Gasteiger partial charge on any atom is 0.212 e. The van der Waals surface area contributed by atoms with E-state index in [1.54, 1.807) is 7.11 Å². The van der Waals surface area contributed by atoms with E-state index in [1.165, 1.54) is 0 Å². The summed E-state index contributed by atoms with van der Waals surface area (Å²) in [7, 11) is 1.66. The zero-order valence-electron chi connectivity index (χ0n) is 11.7. The van der Waals surface area contributed by atoms with Gasteiger partial charge in [-0.3, -0.25) is 9.79 Å². The molecular formula is C17H17NO2. The van der Waals surface area contributed by atoms with Gasteiger partial charge in [0.1, 0.15) is 5.71 Å². The lowest BCUT2D eigenvalue weighted by atomic mass is 10.1. The Hall–Kier alpha value is -2.00. The highest BCUT2D eigenvalue weighted by molar-refractivity contribution is 6.59. The number of carbonyl (C=O) groups is 1. The maximum atomic E-state index is 12.6. The van der Waals surface area contributed by atoms with Gasteiger partial charge < -0.3 is 4.74 Å². The first kappa shape index (κ1) is 13.0. The fraction of sp³-hybridized carbons (Fsp3) is 0.294. The van der Waals surface area contributed by atoms with Crippen molar-refractivity contribution in [3.63, 3.8) is 0 Å². The van der Waals surface area contributed by atoms with Crippen LogP contribution < -0.4 is 0 Å². The van der Waals surface area contributed by atoms with Gasteiger partial charge in [-0.05, 0) is 11.8 Å². The Balaban J connectivity index is 2.15. The SMILES string of the molecule is CCC(COC)/N=C1\C(=O)c2cccc3cccc1c23. The van der Waals surface area contributed by atoms with Crippen molar-refractivity contribution in [1.82, 2.24) is 0 Å². The molecule has 3 heteroatoms. The topological polar surface area (TPSA) is 38.7 Å². The number of carbonyl (C=O) groups excluding carboxylic acids is 1. The molecule has 0 bridgehead atoms. The summed E-state index contributed by atoms with van der Waals surface area (Å²) in [5, 5.41) is 2.13. The van der Waals surface area contributed by atoms with Crippen LogP contribution in [0.1, 0.15) is 29.3 Å². The molecule has 0 amide bonds. The third-order valence-electron chi connectivity index (χ3n) is 3.76. The summed E-state index contributed by atoms with van der Waals surface area (Å²) in [4.78, 5) is 17.2. The second kappa shape index (κ2) is 5.17. The molecule has 0 saturated heterocycles. The molecule has 0 radical (unpaired) electrons. The monoisotopic (exact) mass is 267 g/mol. The zero-order chi connectivity index (χ0) is 14.1. The van der Waals surface area contributed by atoms with Crippen LogP contribution in [-0.2, 0) is 4.74 Å². The molecule has 102 valence electrons. The molecule has 0 fully saturated rings. The predicted octanol–water partition coefficient (Wildman–Crippen LogP) is 3.25. The Morgan fingerprint density at radius 1 is 1.15 bits per heavy atom. The number of rotatable bonds is 4. The van der Waals surface area contributed by atoms with E-state index >= 15 is 0 Å². The number of nitrogens with zero attached hydrogens (tertiary/aromatic N) is 1. The van der Waals surface area contributed by atoms with Crippen LogP contribution in [0.2, 0.25) is 0 Å². The van der Waals surface area contributed by atoms with E-state index < -0.39 is 0 Å². The largest absolute Gasteiger partial charge is 0.382 e. The van der Waals surface area contributed by atoms with Crippen LogP contribution in [0, 0.1) is 0 Å². The maximum absolute atomic E-state index is 12.6. The minimum absolute atomic E-state index is 0.0310. The summed E-state index contributed by atoms with van der Waals surface area (Å²) < 4.78 is 5.17. The van der Waals surface area contributed by atoms with Crippen molar-refractivity contribution < 1.29 is 9.53 Å². The fourth-order valence-electron chi connectivity index (χ4n) is 2.73. The second-order valence-corrected chi connectivity index (χ2v) is 5.03. The van der Waals surface area contributed by atoms with Crippen LogP contribution in [0.15, 0.2) is 41.4 Å². The molecule has 0 heterocycles. The summed E-state index contributed by atoms with van der Waals surface area (Å²) in [6.45, 7) is 2.60. The number of ketones is 1. The lowest BCUT2D eigenvalue weighted by molar-refractivity contribution is 0.106. The van der Waals surface area contributed by atoms with Crippen molar-refractivity contribution in [3.05, 3.63) is 47.5 Å². The van der Waals surface area contributed by atoms with Crippen molar-refractivity contribution in [1.29, 1.82) is 0 Å². The van der Waals surface area contributed by atoms with Gasteiger partial charge >= 0.3 is 0 Å². The molecule has 0 aromatic heterocycles. The van der Waals surface area contributed by atoms with Crippen LogP contribution in [0.4, 0.5) is 0 Å². The standard InChI is InChI=1S/C17H17NO2/c1-3-12(10-20-2)18-16-13-8-4-6-11-7-5-9-14(15(11)13)17(16)19/h4-9,12H,3,10H2,1-2H3/b18-16-. The number of Topliss-reactive ketones (excluding diaryl/α,β-unsaturated/α-hetero) is 1. The molecule has 0 aliphatic heterocycles. The van der Waals surface area contributed by atoms with Crippen molar-refractivity contribution in [3.8, 4) is 0 Å². The summed E-state index contributed by atoms with van der Waals surface area (Å²) in [5.41, 5.74) is 2.31. The highest BCUT2D eigenvalue weighted by atomic mass is 16.5. The first-order valence-corrected chi connectivity index (χ1v) is 6.89. The summed E-state index contributed by atoms with van der Waals surface area (Å²) >= 11 is 0. The number of hydrogen-bond acceptors (Lipinski definition) is 3. The van der Waals surface area contributed by atoms with Crippen LogP contribution in [0.25, 0.3) is 10.8 Å². The number of hydrogen-bond donors (Lipinski definition) is 0. The molecule has 3 rings (SSSR count). The summed E-state index contributed by atoms with van der Waals surface area (Å²) in [6, 6.07) is 11.9. The first-order valence-electron chi connectivity index (χ1n) is 6.89. The van der Waals surface area contributed by atoms with E-state index in [2.05, 4.69) is 11.9 Å². The molecule has 1 atom stereocenters. The van der Waals surface area contributed by atoms with Gasteiger partial charge in [0.15, 0.2) is 0 Å². The van der Waals surface area contributed by atoms with Gasteiger partial charge in [0.25, 0.3) is 0 Å². The molecular weight excluding hydrogens is 250 g/mol. The summed E-state index contributed by atoms with van der Waals surface area (Å²) in [5.74, 6) is 0.0337. The van der Waals surface area contributed by atoms with Crippen LogP contribution in [-0.4, -0.2) is 31.3 Å². The van der Waals surface area contributed by atoms with Crippen molar-refractivity contribution in [2.75, 3.05) is 13.7 Å². The number of aliphatic imine (C=N–C) groups is 1. The fourth-order valence-corrected chi connectivity index (χ4v) is 2.73. The van der Waals surface area contributed by atoms with Crippen LogP contribution in [0.3, 0.4) is 0 Å². The average molecular weight is 267 g/mol. The minimum Gasteiger partial charge on any atom is -0.382 e. The Labute approximate surface area is 118 Å². The minimum atomic E-state index is 0.0310. The second-order valence-electron chi connectivity index (χ2n) is 5.03. The van der Waals surface area contributed by atoms with Crippen LogP contribution >= 0.6 is 0 Å². The van der Waals surface area contributed by atoms with E-state index in [9.17, 15) is 4.79 Å². The predicted molar refractivity (Wildman–Crippen MR) is 80.8 cm³/mol. The molecule has 0 N–H and O–H groups in total. The Morgan fingerprint density at radius 2 is 1.85 bits per heavy atom. The molecule has 1 aliphatic rings. The zero-order valence-corrected chi connectivity index (χ0v) is 11.7. The molecule has 0 saturated carbocycles. The molecule has 2 aromatic carbocycles. The Bertz CT molecular complexity index is 698. The van der Waals surface area contributed by atoms with Gasteiger partial charge in [0.05, 0.1) is 12.6 Å². The number of ether oxygens (including phenoxy) is 1.